The monoisotopic (exact) mass is 380 g/mol. The molecule has 2 N–H and O–H groups in total. The van der Waals surface area contributed by atoms with Crippen molar-refractivity contribution in [1.82, 2.24) is 15.2 Å². The molecule has 4 rings (SSSR count). The zero-order chi connectivity index (χ0) is 19.2. The van der Waals surface area contributed by atoms with Crippen molar-refractivity contribution in [2.75, 3.05) is 25.0 Å². The van der Waals surface area contributed by atoms with Crippen LogP contribution in [0.1, 0.15) is 18.6 Å². The molecule has 1 fully saturated rings. The van der Waals surface area contributed by atoms with Crippen molar-refractivity contribution in [2.24, 2.45) is 5.92 Å². The number of oxazole rings is 1. The Bertz CT molecular complexity index is 877. The van der Waals surface area contributed by atoms with Gasteiger partial charge in [-0.2, -0.15) is 0 Å². The normalized spacial score (nSPS) is 17.4. The first kappa shape index (κ1) is 18.3. The fraction of sp³-hybridized carbons (Fsp3) is 0.333. The summed E-state index contributed by atoms with van der Waals surface area (Å²) in [4.78, 5) is 18.6. The van der Waals surface area contributed by atoms with Crippen LogP contribution in [0.2, 0.25) is 0 Å². The van der Waals surface area contributed by atoms with Gasteiger partial charge in [-0.05, 0) is 49.6 Å². The second kappa shape index (κ2) is 8.75. The minimum Gasteiger partial charge on any atom is -0.468 e. The maximum atomic E-state index is 12.3. The number of amides is 2. The molecular weight excluding hydrogens is 356 g/mol. The average molecular weight is 380 g/mol. The quantitative estimate of drug-likeness (QED) is 0.676. The number of aromatic nitrogens is 1. The van der Waals surface area contributed by atoms with Gasteiger partial charge in [0.05, 0.1) is 19.0 Å². The van der Waals surface area contributed by atoms with Crippen LogP contribution < -0.4 is 10.6 Å². The summed E-state index contributed by atoms with van der Waals surface area (Å²) in [5.74, 6) is 2.09. The molecule has 0 radical (unpaired) electrons. The van der Waals surface area contributed by atoms with E-state index in [2.05, 4.69) is 20.5 Å². The first-order chi connectivity index (χ1) is 13.8. The van der Waals surface area contributed by atoms with Crippen molar-refractivity contribution < 1.29 is 13.6 Å². The lowest BCUT2D eigenvalue weighted by molar-refractivity contribution is 0.156. The number of nitrogens with one attached hydrogen (secondary N) is 2. The standard InChI is InChI=1S/C21H24N4O3/c26-21(24-18-6-1-5-17(10-18)20-12-22-15-28-20)23-11-16-4-2-8-25(13-16)14-19-7-3-9-27-19/h1,3,5-7,9-10,12,15-16H,2,4,8,11,13-14H2,(H2,23,24,26). The smallest absolute Gasteiger partial charge is 0.319 e. The van der Waals surface area contributed by atoms with Gasteiger partial charge in [-0.1, -0.05) is 12.1 Å². The van der Waals surface area contributed by atoms with Crippen LogP contribution in [0.4, 0.5) is 10.5 Å². The molecule has 3 aromatic rings. The predicted octanol–water partition coefficient (Wildman–Crippen LogP) is 3.97. The molecule has 0 aliphatic carbocycles. The van der Waals surface area contributed by atoms with Crippen LogP contribution in [0.5, 0.6) is 0 Å². The summed E-state index contributed by atoms with van der Waals surface area (Å²) in [6.07, 6.45) is 7.00. The lowest BCUT2D eigenvalue weighted by Crippen LogP contribution is -2.41. The molecule has 2 aromatic heterocycles. The maximum absolute atomic E-state index is 12.3. The van der Waals surface area contributed by atoms with Crippen LogP contribution in [0.15, 0.2) is 64.1 Å². The van der Waals surface area contributed by atoms with Gasteiger partial charge in [0, 0.05) is 24.3 Å². The van der Waals surface area contributed by atoms with Gasteiger partial charge < -0.3 is 19.5 Å². The van der Waals surface area contributed by atoms with Gasteiger partial charge in [-0.3, -0.25) is 4.90 Å². The van der Waals surface area contributed by atoms with Crippen LogP contribution >= 0.6 is 0 Å². The third-order valence-corrected chi connectivity index (χ3v) is 4.95. The molecule has 28 heavy (non-hydrogen) atoms. The van der Waals surface area contributed by atoms with Crippen LogP contribution in [0.25, 0.3) is 11.3 Å². The number of piperidine rings is 1. The molecule has 1 atom stereocenters. The fourth-order valence-electron chi connectivity index (χ4n) is 3.61. The molecule has 1 aromatic carbocycles. The number of rotatable bonds is 6. The molecule has 1 saturated heterocycles. The van der Waals surface area contributed by atoms with E-state index in [9.17, 15) is 4.79 Å². The van der Waals surface area contributed by atoms with Gasteiger partial charge in [0.15, 0.2) is 12.2 Å². The van der Waals surface area contributed by atoms with Crippen molar-refractivity contribution in [3.8, 4) is 11.3 Å². The van der Waals surface area contributed by atoms with Gasteiger partial charge in [0.2, 0.25) is 0 Å². The molecule has 1 unspecified atom stereocenters. The Morgan fingerprint density at radius 2 is 2.21 bits per heavy atom. The third-order valence-electron chi connectivity index (χ3n) is 4.95. The van der Waals surface area contributed by atoms with Gasteiger partial charge >= 0.3 is 6.03 Å². The summed E-state index contributed by atoms with van der Waals surface area (Å²) in [7, 11) is 0. The molecule has 7 nitrogen and oxygen atoms in total. The summed E-state index contributed by atoms with van der Waals surface area (Å²) in [5.41, 5.74) is 1.59. The van der Waals surface area contributed by atoms with Crippen LogP contribution in [-0.2, 0) is 6.54 Å². The van der Waals surface area contributed by atoms with Gasteiger partial charge in [0.25, 0.3) is 0 Å². The van der Waals surface area contributed by atoms with E-state index in [1.165, 1.54) is 6.39 Å². The molecular formula is C21H24N4O3. The first-order valence-corrected chi connectivity index (χ1v) is 9.55. The largest absolute Gasteiger partial charge is 0.468 e. The highest BCUT2D eigenvalue weighted by Gasteiger charge is 2.21. The number of likely N-dealkylation sites (tertiary alicyclic amines) is 1. The minimum absolute atomic E-state index is 0.196. The Labute approximate surface area is 163 Å². The third kappa shape index (κ3) is 4.80. The Hall–Kier alpha value is -3.06. The molecule has 0 bridgehead atoms. The SMILES string of the molecule is O=C(NCC1CCCN(Cc2ccco2)C1)Nc1cccc(-c2cnco2)c1. The molecule has 0 saturated carbocycles. The van der Waals surface area contributed by atoms with Crippen molar-refractivity contribution in [3.63, 3.8) is 0 Å². The zero-order valence-electron chi connectivity index (χ0n) is 15.6. The number of carbonyl (C=O) groups excluding carboxylic acids is 1. The highest BCUT2D eigenvalue weighted by atomic mass is 16.3. The van der Waals surface area contributed by atoms with E-state index in [0.29, 0.717) is 18.2 Å². The second-order valence-corrected chi connectivity index (χ2v) is 7.10. The number of anilines is 1. The first-order valence-electron chi connectivity index (χ1n) is 9.55. The van der Waals surface area contributed by atoms with Crippen LogP contribution in [-0.4, -0.2) is 35.5 Å². The Morgan fingerprint density at radius 3 is 3.04 bits per heavy atom. The minimum atomic E-state index is -0.196. The second-order valence-electron chi connectivity index (χ2n) is 7.10. The van der Waals surface area contributed by atoms with Crippen LogP contribution in [0.3, 0.4) is 0 Å². The summed E-state index contributed by atoms with van der Waals surface area (Å²) >= 11 is 0. The van der Waals surface area contributed by atoms with E-state index in [4.69, 9.17) is 8.83 Å². The van der Waals surface area contributed by atoms with Crippen molar-refractivity contribution in [1.29, 1.82) is 0 Å². The maximum Gasteiger partial charge on any atom is 0.319 e. The van der Waals surface area contributed by atoms with E-state index >= 15 is 0 Å². The van der Waals surface area contributed by atoms with E-state index in [1.807, 2.05) is 36.4 Å². The van der Waals surface area contributed by atoms with Gasteiger partial charge in [0.1, 0.15) is 5.76 Å². The summed E-state index contributed by atoms with van der Waals surface area (Å²) in [6, 6.07) is 11.2. The lowest BCUT2D eigenvalue weighted by atomic mass is 9.98. The van der Waals surface area contributed by atoms with Crippen molar-refractivity contribution in [2.45, 2.75) is 19.4 Å². The summed E-state index contributed by atoms with van der Waals surface area (Å²) in [6.45, 7) is 3.51. The van der Waals surface area contributed by atoms with Crippen molar-refractivity contribution >= 4 is 11.7 Å². The number of hydrogen-bond acceptors (Lipinski definition) is 5. The molecule has 2 amide bonds. The number of nitrogens with zero attached hydrogens (tertiary/aromatic N) is 2. The summed E-state index contributed by atoms with van der Waals surface area (Å²) < 4.78 is 10.7. The molecule has 146 valence electrons. The average Bonchev–Trinajstić information content (AvgIpc) is 3.41. The van der Waals surface area contributed by atoms with Crippen molar-refractivity contribution in [3.05, 3.63) is 61.0 Å². The predicted molar refractivity (Wildman–Crippen MR) is 106 cm³/mol. The lowest BCUT2D eigenvalue weighted by Gasteiger charge is -2.32. The Morgan fingerprint density at radius 1 is 1.25 bits per heavy atom. The topological polar surface area (TPSA) is 83.5 Å². The number of hydrogen-bond donors (Lipinski definition) is 2. The highest BCUT2D eigenvalue weighted by Crippen LogP contribution is 2.22. The number of furan rings is 1. The summed E-state index contributed by atoms with van der Waals surface area (Å²) in [5, 5.41) is 5.89. The number of urea groups is 1. The number of carbonyl (C=O) groups is 1. The number of benzene rings is 1. The zero-order valence-corrected chi connectivity index (χ0v) is 15.6. The molecule has 1 aliphatic heterocycles. The molecule has 0 spiro atoms. The van der Waals surface area contributed by atoms with E-state index in [0.717, 1.165) is 49.5 Å². The molecule has 7 heteroatoms. The van der Waals surface area contributed by atoms with E-state index in [1.54, 1.807) is 12.5 Å². The Kier molecular flexibility index (Phi) is 5.72. The van der Waals surface area contributed by atoms with Crippen LogP contribution in [0, 0.1) is 5.92 Å². The molecule has 3 heterocycles. The van der Waals surface area contributed by atoms with E-state index in [-0.39, 0.29) is 6.03 Å². The highest BCUT2D eigenvalue weighted by molar-refractivity contribution is 5.89. The van der Waals surface area contributed by atoms with E-state index < -0.39 is 0 Å². The molecule has 1 aliphatic rings. The fourth-order valence-corrected chi connectivity index (χ4v) is 3.61. The Balaban J connectivity index is 1.26. The van der Waals surface area contributed by atoms with Gasteiger partial charge in [-0.15, -0.1) is 0 Å². The van der Waals surface area contributed by atoms with Gasteiger partial charge in [-0.25, -0.2) is 9.78 Å².